The molecule has 1 aliphatic heterocycles. The molecule has 1 saturated heterocycles. The van der Waals surface area contributed by atoms with E-state index in [0.717, 1.165) is 53.2 Å². The molecule has 0 unspecified atom stereocenters. The molecule has 0 radical (unpaired) electrons. The predicted molar refractivity (Wildman–Crippen MR) is 135 cm³/mol. The van der Waals surface area contributed by atoms with Crippen LogP contribution in [0.5, 0.6) is 11.5 Å². The van der Waals surface area contributed by atoms with Crippen molar-refractivity contribution in [3.8, 4) is 22.8 Å². The zero-order valence-electron chi connectivity index (χ0n) is 18.3. The van der Waals surface area contributed by atoms with E-state index in [1.165, 1.54) is 37.9 Å². The van der Waals surface area contributed by atoms with Gasteiger partial charge in [0, 0.05) is 29.5 Å². The van der Waals surface area contributed by atoms with Crippen LogP contribution in [-0.2, 0) is 6.42 Å². The topological polar surface area (TPSA) is 45.8 Å². The van der Waals surface area contributed by atoms with Crippen molar-refractivity contribution in [2.45, 2.75) is 33.1 Å². The maximum atomic E-state index is 9.66. The zero-order valence-corrected chi connectivity index (χ0v) is 18.3. The van der Waals surface area contributed by atoms with Crippen LogP contribution in [-0.4, -0.2) is 36.2 Å². The second-order valence-electron chi connectivity index (χ2n) is 8.52. The molecule has 5 rings (SSSR count). The monoisotopic (exact) mass is 443 g/mol. The van der Waals surface area contributed by atoms with Gasteiger partial charge in [-0.15, -0.1) is 0 Å². The Kier molecular flexibility index (Phi) is 7.36. The van der Waals surface area contributed by atoms with Gasteiger partial charge >= 0.3 is 0 Å². The van der Waals surface area contributed by atoms with E-state index in [2.05, 4.69) is 35.2 Å². The smallest absolute Gasteiger partial charge is 0.138 e. The summed E-state index contributed by atoms with van der Waals surface area (Å²) in [5, 5.41) is 10.8. The number of fused-ring (bicyclic) bond motifs is 1. The third kappa shape index (κ3) is 5.40. The van der Waals surface area contributed by atoms with Gasteiger partial charge in [-0.05, 0) is 74.0 Å². The highest BCUT2D eigenvalue weighted by Gasteiger charge is 2.16. The summed E-state index contributed by atoms with van der Waals surface area (Å²) in [7, 11) is 0. The maximum absolute atomic E-state index is 9.66. The number of ether oxygens (including phenoxy) is 1. The van der Waals surface area contributed by atoms with E-state index in [1.807, 2.05) is 30.3 Å². The fraction of sp³-hybridized carbons (Fsp3) is 0.310. The molecule has 3 aromatic carbocycles. The van der Waals surface area contributed by atoms with Gasteiger partial charge in [0.15, 0.2) is 0 Å². The molecule has 0 amide bonds. The third-order valence-electron chi connectivity index (χ3n) is 6.26. The lowest BCUT2D eigenvalue weighted by atomic mass is 9.98. The minimum Gasteiger partial charge on any atom is -0.508 e. The minimum atomic E-state index is 0. The number of phenols is 1. The number of rotatable bonds is 7. The molecular weight excluding hydrogens is 410 g/mol. The van der Waals surface area contributed by atoms with Crippen molar-refractivity contribution >= 4 is 11.0 Å². The van der Waals surface area contributed by atoms with Gasteiger partial charge in [-0.25, -0.2) is 0 Å². The first-order chi connectivity index (χ1) is 15.8. The summed E-state index contributed by atoms with van der Waals surface area (Å²) < 4.78 is 12.2. The highest BCUT2D eigenvalue weighted by Crippen LogP contribution is 2.35. The number of phenolic OH excluding ortho intramolecular Hbond substituents is 1. The number of nitrogens with zero attached hydrogens (tertiary/aromatic N) is 1. The zero-order chi connectivity index (χ0) is 21.8. The van der Waals surface area contributed by atoms with E-state index in [-0.39, 0.29) is 13.2 Å². The summed E-state index contributed by atoms with van der Waals surface area (Å²) in [6.07, 6.45) is 4.74. The number of furan rings is 1. The quantitative estimate of drug-likeness (QED) is 0.337. The lowest BCUT2D eigenvalue weighted by molar-refractivity contribution is 0.183. The van der Waals surface area contributed by atoms with E-state index < -0.39 is 0 Å². The molecule has 1 aliphatic rings. The Morgan fingerprint density at radius 2 is 1.58 bits per heavy atom. The van der Waals surface area contributed by atoms with Crippen LogP contribution in [0.4, 0.5) is 0 Å². The molecule has 4 aromatic rings. The summed E-state index contributed by atoms with van der Waals surface area (Å²) in [5.74, 6) is 2.02. The highest BCUT2D eigenvalue weighted by atomic mass is 16.5. The van der Waals surface area contributed by atoms with Gasteiger partial charge < -0.3 is 14.3 Å². The number of likely N-dealkylation sites (tertiary alicyclic amines) is 1. The molecule has 1 fully saturated rings. The molecule has 1 aromatic heterocycles. The van der Waals surface area contributed by atoms with E-state index in [0.29, 0.717) is 0 Å². The van der Waals surface area contributed by atoms with Crippen molar-refractivity contribution in [1.29, 1.82) is 0 Å². The van der Waals surface area contributed by atoms with E-state index in [4.69, 9.17) is 9.15 Å². The Balaban J connectivity index is 0.00000259. The third-order valence-corrected chi connectivity index (χ3v) is 6.26. The second-order valence-corrected chi connectivity index (χ2v) is 8.52. The van der Waals surface area contributed by atoms with Crippen molar-refractivity contribution in [2.24, 2.45) is 0 Å². The Hall–Kier alpha value is -3.24. The van der Waals surface area contributed by atoms with Crippen molar-refractivity contribution < 1.29 is 14.3 Å². The molecule has 0 aliphatic carbocycles. The molecule has 0 spiro atoms. The van der Waals surface area contributed by atoms with Gasteiger partial charge in [0.05, 0.1) is 0 Å². The standard InChI is InChI=1S/C28H29NO3.CH4/c30-23-12-10-22(11-13-23)28-26(25-6-2-3-7-27(25)32-28)20-21-8-14-24(15-9-21)31-19-18-29-16-4-1-5-17-29;/h2-3,6-15,30H,1,4-5,16-20H2;1H4. The minimum absolute atomic E-state index is 0. The van der Waals surface area contributed by atoms with Gasteiger partial charge in [-0.2, -0.15) is 0 Å². The maximum Gasteiger partial charge on any atom is 0.138 e. The SMILES string of the molecule is C.Oc1ccc(-c2oc3ccccc3c2Cc2ccc(OCCN3CCCCC3)cc2)cc1. The van der Waals surface area contributed by atoms with Crippen LogP contribution in [0.1, 0.15) is 37.8 Å². The average molecular weight is 444 g/mol. The Morgan fingerprint density at radius 3 is 2.33 bits per heavy atom. The van der Waals surface area contributed by atoms with Crippen LogP contribution in [0.25, 0.3) is 22.3 Å². The van der Waals surface area contributed by atoms with Crippen molar-refractivity contribution in [2.75, 3.05) is 26.2 Å². The molecule has 1 N–H and O–H groups in total. The lowest BCUT2D eigenvalue weighted by Crippen LogP contribution is -2.33. The van der Waals surface area contributed by atoms with Gasteiger partial charge in [0.2, 0.25) is 0 Å². The van der Waals surface area contributed by atoms with Crippen molar-refractivity contribution in [1.82, 2.24) is 4.90 Å². The first kappa shape index (κ1) is 22.9. The number of piperidine rings is 1. The largest absolute Gasteiger partial charge is 0.508 e. The van der Waals surface area contributed by atoms with Gasteiger partial charge in [0.25, 0.3) is 0 Å². The first-order valence-corrected chi connectivity index (χ1v) is 11.5. The van der Waals surface area contributed by atoms with Gasteiger partial charge in [0.1, 0.15) is 29.4 Å². The van der Waals surface area contributed by atoms with Crippen LogP contribution >= 0.6 is 0 Å². The summed E-state index contributed by atoms with van der Waals surface area (Å²) >= 11 is 0. The average Bonchev–Trinajstić information content (AvgIpc) is 3.20. The summed E-state index contributed by atoms with van der Waals surface area (Å²) in [4.78, 5) is 2.49. The molecule has 2 heterocycles. The number of benzene rings is 3. The van der Waals surface area contributed by atoms with Crippen LogP contribution in [0.15, 0.2) is 77.2 Å². The first-order valence-electron chi connectivity index (χ1n) is 11.5. The van der Waals surface area contributed by atoms with Crippen LogP contribution in [0, 0.1) is 0 Å². The molecule has 4 nitrogen and oxygen atoms in total. The number of hydrogen-bond donors (Lipinski definition) is 1. The Morgan fingerprint density at radius 1 is 0.848 bits per heavy atom. The Bertz CT molecular complexity index is 1160. The van der Waals surface area contributed by atoms with E-state index >= 15 is 0 Å². The molecule has 172 valence electrons. The number of aromatic hydroxyl groups is 1. The van der Waals surface area contributed by atoms with Crippen LogP contribution in [0.3, 0.4) is 0 Å². The van der Waals surface area contributed by atoms with Crippen LogP contribution < -0.4 is 4.74 Å². The normalized spacial score (nSPS) is 14.2. The van der Waals surface area contributed by atoms with E-state index in [9.17, 15) is 5.11 Å². The van der Waals surface area contributed by atoms with Crippen LogP contribution in [0.2, 0.25) is 0 Å². The fourth-order valence-corrected chi connectivity index (χ4v) is 4.50. The summed E-state index contributed by atoms with van der Waals surface area (Å²) in [5.41, 5.74) is 4.21. The van der Waals surface area contributed by atoms with Gasteiger partial charge in [-0.3, -0.25) is 4.90 Å². The van der Waals surface area contributed by atoms with E-state index in [1.54, 1.807) is 12.1 Å². The molecule has 0 bridgehead atoms. The summed E-state index contributed by atoms with van der Waals surface area (Å²) in [6.45, 7) is 4.13. The van der Waals surface area contributed by atoms with Crippen molar-refractivity contribution in [3.63, 3.8) is 0 Å². The molecule has 0 saturated carbocycles. The molecule has 33 heavy (non-hydrogen) atoms. The van der Waals surface area contributed by atoms with Crippen molar-refractivity contribution in [3.05, 3.63) is 83.9 Å². The fourth-order valence-electron chi connectivity index (χ4n) is 4.50. The lowest BCUT2D eigenvalue weighted by Gasteiger charge is -2.26. The highest BCUT2D eigenvalue weighted by molar-refractivity contribution is 5.88. The molecule has 4 heteroatoms. The second kappa shape index (κ2) is 10.6. The molecular formula is C29H33NO3. The number of hydrogen-bond acceptors (Lipinski definition) is 4. The van der Waals surface area contributed by atoms with Gasteiger partial charge in [-0.1, -0.05) is 44.2 Å². The summed E-state index contributed by atoms with van der Waals surface area (Å²) in [6, 6.07) is 23.7. The Labute approximate surface area is 196 Å². The molecule has 0 atom stereocenters. The number of para-hydroxylation sites is 1. The predicted octanol–water partition coefficient (Wildman–Crippen LogP) is 6.90.